The second kappa shape index (κ2) is 18.3. The van der Waals surface area contributed by atoms with Gasteiger partial charge in [0.2, 0.25) is 0 Å². The van der Waals surface area contributed by atoms with Gasteiger partial charge in [0, 0.05) is 31.2 Å². The summed E-state index contributed by atoms with van der Waals surface area (Å²) in [6, 6.07) is 30.3. The second-order valence-corrected chi connectivity index (χ2v) is 17.7. The molecule has 0 amide bonds. The first-order valence-corrected chi connectivity index (χ1v) is 22.8. The summed E-state index contributed by atoms with van der Waals surface area (Å²) in [6.45, 7) is 4.63. The van der Waals surface area contributed by atoms with Crippen molar-refractivity contribution in [1.29, 1.82) is 0 Å². The molecule has 3 aromatic heterocycles. The summed E-state index contributed by atoms with van der Waals surface area (Å²) in [4.78, 5) is 3.84. The van der Waals surface area contributed by atoms with Crippen LogP contribution in [0.25, 0.3) is 53.5 Å². The Morgan fingerprint density at radius 2 is 1.04 bits per heavy atom. The Bertz CT molecular complexity index is 1980. The molecular formula is C47H56N2S3. The van der Waals surface area contributed by atoms with Crippen molar-refractivity contribution in [3.05, 3.63) is 95.4 Å². The van der Waals surface area contributed by atoms with Crippen molar-refractivity contribution >= 4 is 45.4 Å². The quantitative estimate of drug-likeness (QED) is 0.0686. The fourth-order valence-electron chi connectivity index (χ4n) is 8.73. The van der Waals surface area contributed by atoms with Gasteiger partial charge in [0.05, 0.1) is 11.7 Å². The van der Waals surface area contributed by atoms with E-state index in [0.717, 1.165) is 11.0 Å². The SMILES string of the molecule is CCCCCCCCCCC1(CCCCCCCCCC)c2ccccc2-c2ccc(-c3ccc(-c4ccc(-c5cccs5)c5nsnc45)s3)cc21. The molecule has 6 aromatic rings. The van der Waals surface area contributed by atoms with Crippen molar-refractivity contribution in [1.82, 2.24) is 8.75 Å². The van der Waals surface area contributed by atoms with Crippen LogP contribution in [0, 0.1) is 0 Å². The molecule has 0 radical (unpaired) electrons. The molecule has 0 N–H and O–H groups in total. The Labute approximate surface area is 325 Å². The van der Waals surface area contributed by atoms with E-state index < -0.39 is 0 Å². The molecule has 1 aliphatic carbocycles. The molecule has 3 heterocycles. The number of thiophene rings is 2. The summed E-state index contributed by atoms with van der Waals surface area (Å²) in [6.07, 6.45) is 24.4. The first kappa shape index (κ1) is 37.2. The van der Waals surface area contributed by atoms with Crippen LogP contribution in [0.15, 0.2) is 84.2 Å². The summed E-state index contributed by atoms with van der Waals surface area (Å²) < 4.78 is 9.55. The van der Waals surface area contributed by atoms with E-state index in [2.05, 4.69) is 98.1 Å². The molecule has 52 heavy (non-hydrogen) atoms. The summed E-state index contributed by atoms with van der Waals surface area (Å²) in [5.41, 5.74) is 12.0. The number of unbranched alkanes of at least 4 members (excludes halogenated alkanes) is 14. The smallest absolute Gasteiger partial charge is 0.114 e. The van der Waals surface area contributed by atoms with Crippen LogP contribution in [0.3, 0.4) is 0 Å². The standard InChI is InChI=1S/C47H56N2S3/c1-3-5-7-9-11-13-15-19-31-47(32-20-16-14-12-10-8-6-4-2)40-23-18-17-22-36(40)37-26-25-35(34-41(37)47)42-29-30-44(51-42)39-28-27-38(43-24-21-33-50-43)45-46(39)49-52-48-45/h17-18,21-30,33-34H,3-16,19-20,31-32H2,1-2H3. The Balaban J connectivity index is 1.16. The van der Waals surface area contributed by atoms with Gasteiger partial charge in [-0.1, -0.05) is 171 Å². The lowest BCUT2D eigenvalue weighted by molar-refractivity contribution is 0.397. The maximum absolute atomic E-state index is 4.80. The Hall–Kier alpha value is -3.12. The van der Waals surface area contributed by atoms with Crippen LogP contribution in [0.2, 0.25) is 0 Å². The molecule has 0 unspecified atom stereocenters. The van der Waals surface area contributed by atoms with Crippen LogP contribution >= 0.6 is 34.4 Å². The van der Waals surface area contributed by atoms with Gasteiger partial charge in [-0.2, -0.15) is 8.75 Å². The normalized spacial score (nSPS) is 13.2. The van der Waals surface area contributed by atoms with Gasteiger partial charge in [0.25, 0.3) is 0 Å². The van der Waals surface area contributed by atoms with Gasteiger partial charge in [-0.15, -0.1) is 22.7 Å². The average molecular weight is 745 g/mol. The largest absolute Gasteiger partial charge is 0.172 e. The second-order valence-electron chi connectivity index (χ2n) is 15.1. The van der Waals surface area contributed by atoms with E-state index in [4.69, 9.17) is 8.75 Å². The van der Waals surface area contributed by atoms with Gasteiger partial charge in [0.15, 0.2) is 0 Å². The summed E-state index contributed by atoms with van der Waals surface area (Å²) in [5.74, 6) is 0. The first-order valence-electron chi connectivity index (χ1n) is 20.4. The molecule has 2 nitrogen and oxygen atoms in total. The fraction of sp³-hybridized carbons (Fsp3) is 0.447. The molecule has 0 bridgehead atoms. The third kappa shape index (κ3) is 8.17. The van der Waals surface area contributed by atoms with Crippen molar-refractivity contribution in [2.45, 2.75) is 135 Å². The molecular weight excluding hydrogens is 689 g/mol. The molecule has 1 aliphatic rings. The lowest BCUT2D eigenvalue weighted by atomic mass is 9.70. The van der Waals surface area contributed by atoms with Gasteiger partial charge in [-0.25, -0.2) is 0 Å². The minimum Gasteiger partial charge on any atom is -0.172 e. The fourth-order valence-corrected chi connectivity index (χ4v) is 11.1. The Morgan fingerprint density at radius 3 is 1.67 bits per heavy atom. The number of nitrogens with zero attached hydrogens (tertiary/aromatic N) is 2. The number of hydrogen-bond donors (Lipinski definition) is 0. The van der Waals surface area contributed by atoms with Gasteiger partial charge < -0.3 is 0 Å². The number of benzene rings is 3. The minimum absolute atomic E-state index is 0.0997. The van der Waals surface area contributed by atoms with E-state index in [1.807, 2.05) is 11.3 Å². The average Bonchev–Trinajstić information content (AvgIpc) is 4.01. The first-order chi connectivity index (χ1) is 25.7. The highest BCUT2D eigenvalue weighted by Crippen LogP contribution is 2.55. The lowest BCUT2D eigenvalue weighted by Gasteiger charge is -2.33. The minimum atomic E-state index is 0.0997. The van der Waals surface area contributed by atoms with Crippen LogP contribution in [-0.2, 0) is 5.41 Å². The van der Waals surface area contributed by atoms with Crippen molar-refractivity contribution in [2.75, 3.05) is 0 Å². The van der Waals surface area contributed by atoms with Gasteiger partial charge >= 0.3 is 0 Å². The van der Waals surface area contributed by atoms with Crippen LogP contribution < -0.4 is 0 Å². The Morgan fingerprint density at radius 1 is 0.481 bits per heavy atom. The molecule has 0 fully saturated rings. The molecule has 0 atom stereocenters. The zero-order chi connectivity index (χ0) is 35.6. The number of hydrogen-bond acceptors (Lipinski definition) is 5. The van der Waals surface area contributed by atoms with Crippen LogP contribution in [0.4, 0.5) is 0 Å². The molecule has 0 spiro atoms. The topological polar surface area (TPSA) is 25.8 Å². The number of fused-ring (bicyclic) bond motifs is 4. The predicted octanol–water partition coefficient (Wildman–Crippen LogP) is 16.1. The van der Waals surface area contributed by atoms with Crippen molar-refractivity contribution in [3.63, 3.8) is 0 Å². The van der Waals surface area contributed by atoms with E-state index in [9.17, 15) is 0 Å². The van der Waals surface area contributed by atoms with E-state index >= 15 is 0 Å². The molecule has 0 saturated carbocycles. The maximum atomic E-state index is 4.80. The highest BCUT2D eigenvalue weighted by molar-refractivity contribution is 7.19. The number of rotatable bonds is 21. The van der Waals surface area contributed by atoms with E-state index in [-0.39, 0.29) is 5.41 Å². The zero-order valence-electron chi connectivity index (χ0n) is 31.4. The summed E-state index contributed by atoms with van der Waals surface area (Å²) in [7, 11) is 0. The zero-order valence-corrected chi connectivity index (χ0v) is 33.9. The predicted molar refractivity (Wildman–Crippen MR) is 230 cm³/mol. The van der Waals surface area contributed by atoms with E-state index in [1.54, 1.807) is 22.5 Å². The van der Waals surface area contributed by atoms with Crippen LogP contribution in [-0.4, -0.2) is 8.75 Å². The summed E-state index contributed by atoms with van der Waals surface area (Å²) >= 11 is 4.98. The van der Waals surface area contributed by atoms with Crippen molar-refractivity contribution in [2.24, 2.45) is 0 Å². The van der Waals surface area contributed by atoms with Gasteiger partial charge in [-0.3, -0.25) is 0 Å². The molecule has 0 aliphatic heterocycles. The molecule has 0 saturated heterocycles. The van der Waals surface area contributed by atoms with Crippen LogP contribution in [0.5, 0.6) is 0 Å². The Kier molecular flexibility index (Phi) is 13.1. The van der Waals surface area contributed by atoms with Crippen LogP contribution in [0.1, 0.15) is 141 Å². The molecule has 5 heteroatoms. The highest BCUT2D eigenvalue weighted by atomic mass is 32.1. The third-order valence-corrected chi connectivity index (χ3v) is 14.1. The van der Waals surface area contributed by atoms with Crippen molar-refractivity contribution < 1.29 is 0 Å². The summed E-state index contributed by atoms with van der Waals surface area (Å²) in [5, 5.41) is 2.13. The molecule has 3 aromatic carbocycles. The van der Waals surface area contributed by atoms with E-state index in [1.165, 1.54) is 170 Å². The third-order valence-electron chi connectivity index (χ3n) is 11.5. The highest BCUT2D eigenvalue weighted by Gasteiger charge is 2.42. The molecule has 272 valence electrons. The number of aromatic nitrogens is 2. The van der Waals surface area contributed by atoms with E-state index in [0.29, 0.717) is 0 Å². The molecule has 7 rings (SSSR count). The lowest BCUT2D eigenvalue weighted by Crippen LogP contribution is -2.25. The van der Waals surface area contributed by atoms with Gasteiger partial charge in [-0.05, 0) is 70.3 Å². The monoisotopic (exact) mass is 744 g/mol. The van der Waals surface area contributed by atoms with Crippen molar-refractivity contribution in [3.8, 4) is 42.4 Å². The van der Waals surface area contributed by atoms with Gasteiger partial charge in [0.1, 0.15) is 11.0 Å². The maximum Gasteiger partial charge on any atom is 0.114 e.